The summed E-state index contributed by atoms with van der Waals surface area (Å²) < 4.78 is 0. The molecule has 0 aliphatic rings. The van der Waals surface area contributed by atoms with E-state index in [-0.39, 0.29) is 0 Å². The molecule has 0 heterocycles. The highest BCUT2D eigenvalue weighted by Gasteiger charge is 2.16. The van der Waals surface area contributed by atoms with E-state index in [0.717, 1.165) is 5.92 Å². The van der Waals surface area contributed by atoms with Crippen molar-refractivity contribution >= 4 is 0 Å². The van der Waals surface area contributed by atoms with Gasteiger partial charge in [0.15, 0.2) is 0 Å². The van der Waals surface area contributed by atoms with Crippen molar-refractivity contribution in [2.24, 2.45) is 11.3 Å². The molecule has 0 rings (SSSR count). The van der Waals surface area contributed by atoms with Crippen LogP contribution in [-0.2, 0) is 0 Å². The molecule has 0 aromatic heterocycles. The van der Waals surface area contributed by atoms with E-state index >= 15 is 0 Å². The van der Waals surface area contributed by atoms with Crippen LogP contribution >= 0.6 is 0 Å². The molecule has 0 N–H and O–H groups in total. The lowest BCUT2D eigenvalue weighted by Crippen LogP contribution is -2.15. The molecule has 0 nitrogen and oxygen atoms in total. The smallest absolute Gasteiger partial charge is 0.0357 e. The van der Waals surface area contributed by atoms with E-state index in [4.69, 9.17) is 0 Å². The zero-order valence-corrected chi connectivity index (χ0v) is 6.78. The molecule has 0 aliphatic heterocycles. The fourth-order valence-electron chi connectivity index (χ4n) is 0.612. The monoisotopic (exact) mass is 114 g/mol. The van der Waals surface area contributed by atoms with Crippen LogP contribution in [-0.4, -0.2) is 0 Å². The Balaban J connectivity index is 3.62. The first kappa shape index (κ1) is 8.00. The van der Waals surface area contributed by atoms with Gasteiger partial charge in [0.1, 0.15) is 0 Å². The molecule has 8 heavy (non-hydrogen) atoms. The van der Waals surface area contributed by atoms with Crippen molar-refractivity contribution in [3.8, 4) is 0 Å². The van der Waals surface area contributed by atoms with Gasteiger partial charge < -0.3 is 0 Å². The Labute approximate surface area is 53.3 Å². The van der Waals surface area contributed by atoms with E-state index in [1.807, 2.05) is 0 Å². The maximum Gasteiger partial charge on any atom is -0.0357 e. The summed E-state index contributed by atoms with van der Waals surface area (Å²) in [4.78, 5) is 0. The van der Waals surface area contributed by atoms with Crippen molar-refractivity contribution in [1.29, 1.82) is 0 Å². The number of rotatable bonds is 1. The Morgan fingerprint density at radius 2 is 1.62 bits per heavy atom. The zero-order chi connectivity index (χ0) is 6.78. The first-order valence-electron chi connectivity index (χ1n) is 3.48. The predicted molar refractivity (Wildman–Crippen MR) is 38.9 cm³/mol. The summed E-state index contributed by atoms with van der Waals surface area (Å²) in [5.41, 5.74) is 0.509. The average Bonchev–Trinajstić information content (AvgIpc) is 1.62. The third kappa shape index (κ3) is 2.34. The van der Waals surface area contributed by atoms with Crippen molar-refractivity contribution in [3.05, 3.63) is 0 Å². The van der Waals surface area contributed by atoms with Crippen LogP contribution in [0.15, 0.2) is 0 Å². The van der Waals surface area contributed by atoms with Crippen LogP contribution in [0, 0.1) is 11.3 Å². The third-order valence-electron chi connectivity index (χ3n) is 2.09. The molecule has 0 aliphatic carbocycles. The van der Waals surface area contributed by atoms with E-state index in [1.165, 1.54) is 6.42 Å². The van der Waals surface area contributed by atoms with Crippen LogP contribution in [0.1, 0.15) is 41.0 Å². The third-order valence-corrected chi connectivity index (χ3v) is 2.09. The van der Waals surface area contributed by atoms with Gasteiger partial charge in [0.2, 0.25) is 0 Å². The van der Waals surface area contributed by atoms with E-state index in [2.05, 4.69) is 34.6 Å². The normalized spacial score (nSPS) is 16.1. The first-order chi connectivity index (χ1) is 3.48. The highest BCUT2D eigenvalue weighted by Crippen LogP contribution is 2.27. The summed E-state index contributed by atoms with van der Waals surface area (Å²) in [5.74, 6) is 0.850. The van der Waals surface area contributed by atoms with Crippen molar-refractivity contribution < 1.29 is 0 Å². The Bertz CT molecular complexity index is 56.9. The van der Waals surface area contributed by atoms with Gasteiger partial charge in [-0.05, 0) is 11.3 Å². The second-order valence-corrected chi connectivity index (χ2v) is 3.68. The molecule has 1 atom stereocenters. The molecule has 0 bridgehead atoms. The largest absolute Gasteiger partial charge is 0.0651 e. The Kier molecular flexibility index (Phi) is 2.52. The van der Waals surface area contributed by atoms with Gasteiger partial charge in [-0.15, -0.1) is 0 Å². The lowest BCUT2D eigenvalue weighted by atomic mass is 9.81. The topological polar surface area (TPSA) is 0 Å². The zero-order valence-electron chi connectivity index (χ0n) is 6.78. The predicted octanol–water partition coefficient (Wildman–Crippen LogP) is 3.08. The van der Waals surface area contributed by atoms with Crippen molar-refractivity contribution in [3.63, 3.8) is 0 Å². The second-order valence-electron chi connectivity index (χ2n) is 3.68. The van der Waals surface area contributed by atoms with Gasteiger partial charge in [0.25, 0.3) is 0 Å². The van der Waals surface area contributed by atoms with Crippen LogP contribution in [0.2, 0.25) is 0 Å². The first-order valence-corrected chi connectivity index (χ1v) is 3.48. The Morgan fingerprint density at radius 3 is 1.62 bits per heavy atom. The molecule has 0 saturated heterocycles. The average molecular weight is 114 g/mol. The maximum absolute atomic E-state index is 2.31. The lowest BCUT2D eigenvalue weighted by molar-refractivity contribution is 0.254. The molecule has 0 heteroatoms. The standard InChI is InChI=1S/C8H18/c1-6-7(2)8(3,4)5/h7H,6H2,1-5H3/t7-/m0/s1. The van der Waals surface area contributed by atoms with Crippen molar-refractivity contribution in [2.75, 3.05) is 0 Å². The van der Waals surface area contributed by atoms with Gasteiger partial charge in [-0.3, -0.25) is 0 Å². The molecule has 0 aromatic rings. The fraction of sp³-hybridized carbons (Fsp3) is 1.00. The minimum atomic E-state index is 0.509. The van der Waals surface area contributed by atoms with Gasteiger partial charge in [-0.2, -0.15) is 0 Å². The van der Waals surface area contributed by atoms with Crippen LogP contribution in [0.3, 0.4) is 0 Å². The van der Waals surface area contributed by atoms with Crippen LogP contribution in [0.5, 0.6) is 0 Å². The summed E-state index contributed by atoms with van der Waals surface area (Å²) in [6.45, 7) is 11.4. The van der Waals surface area contributed by atoms with Crippen molar-refractivity contribution in [1.82, 2.24) is 0 Å². The minimum absolute atomic E-state index is 0.509. The molecular weight excluding hydrogens is 96.1 g/mol. The SMILES string of the molecule is CC[C@H](C)C(C)(C)C. The van der Waals surface area contributed by atoms with Gasteiger partial charge in [0, 0.05) is 0 Å². The molecule has 0 fully saturated rings. The van der Waals surface area contributed by atoms with Gasteiger partial charge in [0.05, 0.1) is 0 Å². The van der Waals surface area contributed by atoms with E-state index in [1.54, 1.807) is 0 Å². The Morgan fingerprint density at radius 1 is 1.25 bits per heavy atom. The van der Waals surface area contributed by atoms with Crippen LogP contribution in [0.4, 0.5) is 0 Å². The lowest BCUT2D eigenvalue weighted by Gasteiger charge is -2.25. The highest BCUT2D eigenvalue weighted by molar-refractivity contribution is 4.67. The molecule has 0 saturated carbocycles. The molecule has 0 spiro atoms. The summed E-state index contributed by atoms with van der Waals surface area (Å²) >= 11 is 0. The second kappa shape index (κ2) is 2.52. The maximum atomic E-state index is 2.31. The minimum Gasteiger partial charge on any atom is -0.0651 e. The number of hydrogen-bond acceptors (Lipinski definition) is 0. The van der Waals surface area contributed by atoms with Crippen LogP contribution in [0.25, 0.3) is 0 Å². The molecule has 0 radical (unpaired) electrons. The Hall–Kier alpha value is 0. The molecule has 0 unspecified atom stereocenters. The number of hydrogen-bond donors (Lipinski definition) is 0. The van der Waals surface area contributed by atoms with E-state index in [9.17, 15) is 0 Å². The quantitative estimate of drug-likeness (QED) is 0.491. The van der Waals surface area contributed by atoms with Crippen molar-refractivity contribution in [2.45, 2.75) is 41.0 Å². The highest BCUT2D eigenvalue weighted by atomic mass is 14.2. The van der Waals surface area contributed by atoms with Gasteiger partial charge in [-0.25, -0.2) is 0 Å². The fourth-order valence-corrected chi connectivity index (χ4v) is 0.612. The summed E-state index contributed by atoms with van der Waals surface area (Å²) in [7, 11) is 0. The van der Waals surface area contributed by atoms with Gasteiger partial charge in [-0.1, -0.05) is 41.0 Å². The molecule has 0 aromatic carbocycles. The summed E-state index contributed by atoms with van der Waals surface area (Å²) in [6, 6.07) is 0. The van der Waals surface area contributed by atoms with E-state index in [0.29, 0.717) is 5.41 Å². The molecular formula is C8H18. The molecule has 0 amide bonds. The van der Waals surface area contributed by atoms with Crippen LogP contribution < -0.4 is 0 Å². The summed E-state index contributed by atoms with van der Waals surface area (Å²) in [5, 5.41) is 0. The van der Waals surface area contributed by atoms with Gasteiger partial charge >= 0.3 is 0 Å². The summed E-state index contributed by atoms with van der Waals surface area (Å²) in [6.07, 6.45) is 1.30. The van der Waals surface area contributed by atoms with E-state index < -0.39 is 0 Å². The molecule has 50 valence electrons.